The van der Waals surface area contributed by atoms with Crippen LogP contribution in [0.1, 0.15) is 36.9 Å². The van der Waals surface area contributed by atoms with Gasteiger partial charge in [0.2, 0.25) is 11.8 Å². The van der Waals surface area contributed by atoms with Gasteiger partial charge in [-0.05, 0) is 50.2 Å². The van der Waals surface area contributed by atoms with Crippen molar-refractivity contribution in [2.24, 2.45) is 11.7 Å². The molecule has 0 radical (unpaired) electrons. The number of nitrogens with zero attached hydrogens (tertiary/aromatic N) is 4. The summed E-state index contributed by atoms with van der Waals surface area (Å²) >= 11 is 0. The molecule has 1 aliphatic carbocycles. The van der Waals surface area contributed by atoms with Gasteiger partial charge in [0.1, 0.15) is 6.20 Å². The standard InChI is InChI=1S/C18H25N7O2/c1-12-2-3-14(9-20-12)10-22-18-23-11-16(25(26)27)17(24-18)21-8-13-4-6-15(19)7-5-13/h2-3,9,11,13,15H,4-8,10,19H2,1H3,(H2,21,22,23,24). The van der Waals surface area contributed by atoms with E-state index in [1.807, 2.05) is 19.1 Å². The van der Waals surface area contributed by atoms with Gasteiger partial charge in [-0.2, -0.15) is 4.98 Å². The van der Waals surface area contributed by atoms with Crippen LogP contribution < -0.4 is 16.4 Å². The normalized spacial score (nSPS) is 19.5. The summed E-state index contributed by atoms with van der Waals surface area (Å²) in [6.07, 6.45) is 7.06. The first-order valence-electron chi connectivity index (χ1n) is 9.17. The molecule has 0 aromatic carbocycles. The van der Waals surface area contributed by atoms with Gasteiger partial charge in [0.15, 0.2) is 0 Å². The van der Waals surface area contributed by atoms with Gasteiger partial charge < -0.3 is 16.4 Å². The van der Waals surface area contributed by atoms with Crippen molar-refractivity contribution in [1.29, 1.82) is 0 Å². The molecule has 0 unspecified atom stereocenters. The molecule has 27 heavy (non-hydrogen) atoms. The average Bonchev–Trinajstić information content (AvgIpc) is 2.67. The highest BCUT2D eigenvalue weighted by Crippen LogP contribution is 2.26. The second-order valence-corrected chi connectivity index (χ2v) is 7.01. The molecule has 4 N–H and O–H groups in total. The Morgan fingerprint density at radius 1 is 1.19 bits per heavy atom. The Hall–Kier alpha value is -2.81. The van der Waals surface area contributed by atoms with Crippen LogP contribution in [-0.4, -0.2) is 32.5 Å². The van der Waals surface area contributed by atoms with Crippen molar-refractivity contribution in [3.8, 4) is 0 Å². The van der Waals surface area contributed by atoms with Gasteiger partial charge in [0.25, 0.3) is 0 Å². The number of hydrogen-bond acceptors (Lipinski definition) is 8. The van der Waals surface area contributed by atoms with Gasteiger partial charge in [-0.15, -0.1) is 0 Å². The highest BCUT2D eigenvalue weighted by molar-refractivity contribution is 5.57. The average molecular weight is 371 g/mol. The lowest BCUT2D eigenvalue weighted by Crippen LogP contribution is -2.29. The Balaban J connectivity index is 1.64. The SMILES string of the molecule is Cc1ccc(CNc2ncc([N+](=O)[O-])c(NCC3CCC(N)CC3)n2)cn1. The number of hydrogen-bond donors (Lipinski definition) is 3. The molecular weight excluding hydrogens is 346 g/mol. The minimum Gasteiger partial charge on any atom is -0.364 e. The number of rotatable bonds is 7. The predicted octanol–water partition coefficient (Wildman–Crippen LogP) is 2.63. The minimum absolute atomic E-state index is 0.120. The molecule has 2 heterocycles. The largest absolute Gasteiger partial charge is 0.364 e. The molecule has 144 valence electrons. The summed E-state index contributed by atoms with van der Waals surface area (Å²) in [7, 11) is 0. The topological polar surface area (TPSA) is 132 Å². The maximum absolute atomic E-state index is 11.3. The molecule has 9 nitrogen and oxygen atoms in total. The van der Waals surface area contributed by atoms with E-state index in [0.717, 1.165) is 36.9 Å². The van der Waals surface area contributed by atoms with Gasteiger partial charge in [-0.25, -0.2) is 4.98 Å². The summed E-state index contributed by atoms with van der Waals surface area (Å²) < 4.78 is 0. The first-order valence-corrected chi connectivity index (χ1v) is 9.17. The van der Waals surface area contributed by atoms with Crippen LogP contribution in [0.25, 0.3) is 0 Å². The van der Waals surface area contributed by atoms with Crippen LogP contribution in [0.2, 0.25) is 0 Å². The van der Waals surface area contributed by atoms with Crippen molar-refractivity contribution in [1.82, 2.24) is 15.0 Å². The lowest BCUT2D eigenvalue weighted by Gasteiger charge is -2.26. The third kappa shape index (κ3) is 5.33. The predicted molar refractivity (Wildman–Crippen MR) is 103 cm³/mol. The van der Waals surface area contributed by atoms with E-state index in [1.165, 1.54) is 6.20 Å². The molecule has 0 atom stereocenters. The molecule has 0 saturated heterocycles. The smallest absolute Gasteiger partial charge is 0.329 e. The van der Waals surface area contributed by atoms with Crippen molar-refractivity contribution in [3.05, 3.63) is 45.9 Å². The maximum Gasteiger partial charge on any atom is 0.329 e. The quantitative estimate of drug-likeness (QED) is 0.500. The Kier molecular flexibility index (Phi) is 6.12. The molecule has 9 heteroatoms. The fourth-order valence-electron chi connectivity index (χ4n) is 3.14. The Morgan fingerprint density at radius 2 is 1.96 bits per heavy atom. The molecular formula is C18H25N7O2. The molecule has 2 aromatic heterocycles. The number of nitrogens with two attached hydrogens (primary N) is 1. The number of nitro groups is 1. The summed E-state index contributed by atoms with van der Waals surface area (Å²) in [6.45, 7) is 3.06. The van der Waals surface area contributed by atoms with E-state index in [9.17, 15) is 10.1 Å². The van der Waals surface area contributed by atoms with E-state index in [4.69, 9.17) is 5.73 Å². The van der Waals surface area contributed by atoms with Gasteiger partial charge in [-0.1, -0.05) is 6.07 Å². The second kappa shape index (κ2) is 8.72. The van der Waals surface area contributed by atoms with E-state index in [0.29, 0.717) is 25.0 Å². The van der Waals surface area contributed by atoms with Crippen molar-refractivity contribution >= 4 is 17.5 Å². The monoisotopic (exact) mass is 371 g/mol. The fourth-order valence-corrected chi connectivity index (χ4v) is 3.14. The number of anilines is 2. The molecule has 0 amide bonds. The third-order valence-electron chi connectivity index (χ3n) is 4.84. The van der Waals surface area contributed by atoms with Gasteiger partial charge in [0, 0.05) is 31.0 Å². The molecule has 3 rings (SSSR count). The highest BCUT2D eigenvalue weighted by Gasteiger charge is 2.21. The highest BCUT2D eigenvalue weighted by atomic mass is 16.6. The zero-order valence-corrected chi connectivity index (χ0v) is 15.4. The van der Waals surface area contributed by atoms with Crippen LogP contribution in [0.15, 0.2) is 24.5 Å². The van der Waals surface area contributed by atoms with Gasteiger partial charge in [-0.3, -0.25) is 15.1 Å². The summed E-state index contributed by atoms with van der Waals surface area (Å²) in [5.74, 6) is 1.04. The van der Waals surface area contributed by atoms with Crippen LogP contribution >= 0.6 is 0 Å². The zero-order chi connectivity index (χ0) is 19.2. The molecule has 0 aliphatic heterocycles. The Bertz CT molecular complexity index is 774. The molecule has 0 bridgehead atoms. The van der Waals surface area contributed by atoms with Crippen LogP contribution in [0, 0.1) is 23.0 Å². The van der Waals surface area contributed by atoms with Crippen molar-refractivity contribution in [2.75, 3.05) is 17.2 Å². The molecule has 1 aliphatic rings. The summed E-state index contributed by atoms with van der Waals surface area (Å²) in [4.78, 5) is 23.4. The zero-order valence-electron chi connectivity index (χ0n) is 15.4. The molecule has 0 spiro atoms. The van der Waals surface area contributed by atoms with Crippen molar-refractivity contribution in [2.45, 2.75) is 45.2 Å². The van der Waals surface area contributed by atoms with Crippen molar-refractivity contribution in [3.63, 3.8) is 0 Å². The van der Waals surface area contributed by atoms with Crippen LogP contribution in [0.4, 0.5) is 17.5 Å². The van der Waals surface area contributed by atoms with Crippen LogP contribution in [0.5, 0.6) is 0 Å². The van der Waals surface area contributed by atoms with Gasteiger partial charge >= 0.3 is 5.69 Å². The Labute approximate surface area is 158 Å². The maximum atomic E-state index is 11.3. The summed E-state index contributed by atoms with van der Waals surface area (Å²) in [5.41, 5.74) is 7.74. The fraction of sp³-hybridized carbons (Fsp3) is 0.500. The second-order valence-electron chi connectivity index (χ2n) is 7.01. The Morgan fingerprint density at radius 3 is 2.63 bits per heavy atom. The lowest BCUT2D eigenvalue weighted by atomic mass is 9.86. The number of aromatic nitrogens is 3. The minimum atomic E-state index is -0.465. The van der Waals surface area contributed by atoms with E-state index >= 15 is 0 Å². The molecule has 1 fully saturated rings. The first kappa shape index (κ1) is 19.0. The third-order valence-corrected chi connectivity index (χ3v) is 4.84. The van der Waals surface area contributed by atoms with Gasteiger partial charge in [0.05, 0.1) is 4.92 Å². The van der Waals surface area contributed by atoms with E-state index in [1.54, 1.807) is 6.20 Å². The van der Waals surface area contributed by atoms with E-state index in [-0.39, 0.29) is 17.5 Å². The molecule has 1 saturated carbocycles. The lowest BCUT2D eigenvalue weighted by molar-refractivity contribution is -0.384. The van der Waals surface area contributed by atoms with Crippen LogP contribution in [0.3, 0.4) is 0 Å². The van der Waals surface area contributed by atoms with E-state index in [2.05, 4.69) is 25.6 Å². The number of pyridine rings is 1. The van der Waals surface area contributed by atoms with Crippen molar-refractivity contribution < 1.29 is 4.92 Å². The van der Waals surface area contributed by atoms with E-state index < -0.39 is 4.92 Å². The number of nitrogens with one attached hydrogen (secondary N) is 2. The molecule has 2 aromatic rings. The van der Waals surface area contributed by atoms with Crippen LogP contribution in [-0.2, 0) is 6.54 Å². The summed E-state index contributed by atoms with van der Waals surface area (Å²) in [6, 6.07) is 4.17. The summed E-state index contributed by atoms with van der Waals surface area (Å²) in [5, 5.41) is 17.5. The number of aryl methyl sites for hydroxylation is 1. The first-order chi connectivity index (χ1) is 13.0.